The molecule has 1 aromatic rings. The third kappa shape index (κ3) is 1.28. The maximum absolute atomic E-state index is 12.7. The minimum absolute atomic E-state index is 0.0564. The second-order valence-corrected chi connectivity index (χ2v) is 8.25. The molecule has 2 heterocycles. The number of hydrogen-bond acceptors (Lipinski definition) is 5. The van der Waals surface area contributed by atoms with Gasteiger partial charge in [-0.25, -0.2) is 0 Å². The van der Waals surface area contributed by atoms with E-state index in [4.69, 9.17) is 4.74 Å². The van der Waals surface area contributed by atoms with Crippen molar-refractivity contribution in [2.75, 3.05) is 6.54 Å². The van der Waals surface area contributed by atoms with Crippen LogP contribution in [0.3, 0.4) is 0 Å². The molecule has 2 N–H and O–H groups in total. The van der Waals surface area contributed by atoms with Crippen LogP contribution >= 0.6 is 0 Å². The maximum Gasteiger partial charge on any atom is 0.174 e. The average Bonchev–Trinajstić information content (AvgIpc) is 3.32. The molecule has 1 spiro atoms. The Hall–Kier alpha value is -1.59. The molecule has 2 aliphatic heterocycles. The Labute approximate surface area is 140 Å². The van der Waals surface area contributed by atoms with E-state index >= 15 is 0 Å². The van der Waals surface area contributed by atoms with Gasteiger partial charge in [-0.15, -0.1) is 0 Å². The van der Waals surface area contributed by atoms with Crippen LogP contribution in [0.4, 0.5) is 0 Å². The highest BCUT2D eigenvalue weighted by molar-refractivity contribution is 5.90. The van der Waals surface area contributed by atoms with Gasteiger partial charge in [0.05, 0.1) is 11.0 Å². The number of phenols is 1. The van der Waals surface area contributed by atoms with Crippen LogP contribution in [-0.4, -0.2) is 51.2 Å². The van der Waals surface area contributed by atoms with Gasteiger partial charge in [-0.05, 0) is 50.3 Å². The van der Waals surface area contributed by atoms with Gasteiger partial charge in [0.1, 0.15) is 0 Å². The number of rotatable bonds is 1. The van der Waals surface area contributed by atoms with Crippen molar-refractivity contribution in [3.8, 4) is 11.5 Å². The van der Waals surface area contributed by atoms with Crippen LogP contribution in [0, 0.1) is 0 Å². The number of carbonyl (C=O) groups excluding carboxylic acids is 1. The van der Waals surface area contributed by atoms with Crippen molar-refractivity contribution in [3.05, 3.63) is 23.3 Å². The lowest BCUT2D eigenvalue weighted by Crippen LogP contribution is -2.76. The summed E-state index contributed by atoms with van der Waals surface area (Å²) in [5.74, 6) is 0.613. The molecule has 24 heavy (non-hydrogen) atoms. The Balaban J connectivity index is 1.65. The summed E-state index contributed by atoms with van der Waals surface area (Å²) in [6, 6.07) is 4.28. The van der Waals surface area contributed by atoms with Crippen LogP contribution in [0.25, 0.3) is 0 Å². The molecule has 6 rings (SSSR count). The summed E-state index contributed by atoms with van der Waals surface area (Å²) in [6.45, 7) is 0.902. The van der Waals surface area contributed by atoms with Gasteiger partial charge in [-0.1, -0.05) is 6.07 Å². The van der Waals surface area contributed by atoms with Gasteiger partial charge in [-0.2, -0.15) is 0 Å². The molecule has 126 valence electrons. The van der Waals surface area contributed by atoms with Crippen LogP contribution in [0.2, 0.25) is 0 Å². The lowest BCUT2D eigenvalue weighted by molar-refractivity contribution is -0.189. The highest BCUT2D eigenvalue weighted by Gasteiger charge is 2.73. The van der Waals surface area contributed by atoms with E-state index in [1.165, 1.54) is 12.8 Å². The average molecular weight is 327 g/mol. The number of likely N-dealkylation sites (tertiary alicyclic amines) is 1. The van der Waals surface area contributed by atoms with E-state index in [9.17, 15) is 15.0 Å². The summed E-state index contributed by atoms with van der Waals surface area (Å²) >= 11 is 0. The third-order valence-corrected chi connectivity index (χ3v) is 7.32. The number of ether oxygens (including phenoxy) is 1. The molecule has 2 saturated carbocycles. The SMILES string of the molecule is O=C1CC[C@@]2(O)C3Cc4ccc(O)c5c4[C@@]2(CCN3C2CC2)C1O5. The van der Waals surface area contributed by atoms with Gasteiger partial charge < -0.3 is 14.9 Å². The molecule has 5 aliphatic rings. The second-order valence-electron chi connectivity index (χ2n) is 8.25. The van der Waals surface area contributed by atoms with E-state index < -0.39 is 17.1 Å². The highest BCUT2D eigenvalue weighted by atomic mass is 16.5. The molecule has 2 bridgehead atoms. The molecule has 2 unspecified atom stereocenters. The number of carbonyl (C=O) groups is 1. The van der Waals surface area contributed by atoms with Gasteiger partial charge in [-0.3, -0.25) is 9.69 Å². The van der Waals surface area contributed by atoms with Crippen molar-refractivity contribution in [3.63, 3.8) is 0 Å². The number of benzene rings is 1. The zero-order valence-electron chi connectivity index (χ0n) is 13.5. The minimum Gasteiger partial charge on any atom is -0.504 e. The quantitative estimate of drug-likeness (QED) is 0.813. The van der Waals surface area contributed by atoms with Gasteiger partial charge in [0.2, 0.25) is 0 Å². The predicted octanol–water partition coefficient (Wildman–Crippen LogP) is 1.28. The Bertz CT molecular complexity index is 788. The van der Waals surface area contributed by atoms with Gasteiger partial charge >= 0.3 is 0 Å². The van der Waals surface area contributed by atoms with Crippen LogP contribution in [0.1, 0.15) is 43.2 Å². The first-order valence-corrected chi connectivity index (χ1v) is 9.09. The maximum atomic E-state index is 12.7. The molecule has 1 aromatic carbocycles. The molecule has 0 radical (unpaired) electrons. The topological polar surface area (TPSA) is 70.0 Å². The van der Waals surface area contributed by atoms with E-state index in [0.29, 0.717) is 24.6 Å². The van der Waals surface area contributed by atoms with E-state index in [1.807, 2.05) is 6.07 Å². The Morgan fingerprint density at radius 2 is 2.08 bits per heavy atom. The van der Waals surface area contributed by atoms with Crippen LogP contribution < -0.4 is 4.74 Å². The Kier molecular flexibility index (Phi) is 2.26. The molecule has 0 amide bonds. The van der Waals surface area contributed by atoms with E-state index in [2.05, 4.69) is 4.90 Å². The fraction of sp³-hybridized carbons (Fsp3) is 0.632. The second kappa shape index (κ2) is 3.97. The number of aromatic hydroxyl groups is 1. The molecule has 5 heteroatoms. The summed E-state index contributed by atoms with van der Waals surface area (Å²) in [6.07, 6.45) is 4.18. The largest absolute Gasteiger partial charge is 0.504 e. The molecule has 3 aliphatic carbocycles. The number of nitrogens with zero attached hydrogens (tertiary/aromatic N) is 1. The van der Waals surface area contributed by atoms with E-state index in [0.717, 1.165) is 30.5 Å². The lowest BCUT2D eigenvalue weighted by atomic mass is 9.49. The van der Waals surface area contributed by atoms with Crippen molar-refractivity contribution < 1.29 is 19.7 Å². The van der Waals surface area contributed by atoms with E-state index in [-0.39, 0.29) is 17.6 Å². The molecule has 4 atom stereocenters. The summed E-state index contributed by atoms with van der Waals surface area (Å²) in [4.78, 5) is 15.2. The minimum atomic E-state index is -0.932. The van der Waals surface area contributed by atoms with Crippen LogP contribution in [0.5, 0.6) is 11.5 Å². The van der Waals surface area contributed by atoms with Gasteiger partial charge in [0.15, 0.2) is 23.4 Å². The van der Waals surface area contributed by atoms with Crippen LogP contribution in [0.15, 0.2) is 12.1 Å². The normalized spacial score (nSPS) is 42.6. The molecule has 0 aromatic heterocycles. The predicted molar refractivity (Wildman–Crippen MR) is 85.2 cm³/mol. The third-order valence-electron chi connectivity index (χ3n) is 7.32. The number of aliphatic hydroxyl groups is 1. The Morgan fingerprint density at radius 1 is 1.25 bits per heavy atom. The number of ketones is 1. The monoisotopic (exact) mass is 327 g/mol. The summed E-state index contributed by atoms with van der Waals surface area (Å²) < 4.78 is 6.02. The smallest absolute Gasteiger partial charge is 0.174 e. The first kappa shape index (κ1) is 13.7. The number of phenolic OH excluding ortho intramolecular Hbond substituents is 1. The first-order chi connectivity index (χ1) is 11.6. The highest BCUT2D eigenvalue weighted by Crippen LogP contribution is 2.65. The van der Waals surface area contributed by atoms with Crippen molar-refractivity contribution >= 4 is 5.78 Å². The van der Waals surface area contributed by atoms with Crippen LogP contribution in [-0.2, 0) is 16.6 Å². The molecular weight excluding hydrogens is 306 g/mol. The molecule has 1 saturated heterocycles. The van der Waals surface area contributed by atoms with E-state index in [1.54, 1.807) is 6.07 Å². The zero-order chi connectivity index (χ0) is 16.3. The summed E-state index contributed by atoms with van der Waals surface area (Å²) in [5, 5.41) is 22.2. The van der Waals surface area contributed by atoms with Crippen molar-refractivity contribution in [2.45, 2.75) is 67.7 Å². The first-order valence-electron chi connectivity index (χ1n) is 9.09. The summed E-state index contributed by atoms with van der Waals surface area (Å²) in [7, 11) is 0. The van der Waals surface area contributed by atoms with Crippen molar-refractivity contribution in [1.82, 2.24) is 4.90 Å². The molecule has 3 fully saturated rings. The fourth-order valence-corrected chi connectivity index (χ4v) is 6.20. The number of piperidine rings is 1. The number of Topliss-reactive ketones (excluding diaryl/α,β-unsaturated/α-hetero) is 1. The standard InChI is InChI=1S/C19H21NO4/c21-12-4-1-10-9-14-19(23)6-5-13(22)17-18(19,15(10)16(12)24-17)7-8-20(14)11-2-3-11/h1,4,11,14,17,21,23H,2-3,5-9H2/t14?,17?,18-,19+/m0/s1. The lowest BCUT2D eigenvalue weighted by Gasteiger charge is -2.62. The summed E-state index contributed by atoms with van der Waals surface area (Å²) in [5.41, 5.74) is 0.466. The van der Waals surface area contributed by atoms with Gasteiger partial charge in [0.25, 0.3) is 0 Å². The molecule has 5 nitrogen and oxygen atoms in total. The fourth-order valence-electron chi connectivity index (χ4n) is 6.20. The molecular formula is C19H21NO4. The zero-order valence-corrected chi connectivity index (χ0v) is 13.5. The van der Waals surface area contributed by atoms with Crippen molar-refractivity contribution in [2.24, 2.45) is 0 Å². The number of hydrogen-bond donors (Lipinski definition) is 2. The van der Waals surface area contributed by atoms with Gasteiger partial charge in [0, 0.05) is 24.1 Å². The van der Waals surface area contributed by atoms with Crippen molar-refractivity contribution in [1.29, 1.82) is 0 Å². The Morgan fingerprint density at radius 3 is 2.88 bits per heavy atom.